The minimum Gasteiger partial charge on any atom is -0.378 e. The maximum atomic E-state index is 12.7. The number of hydrogen-bond donors (Lipinski definition) is 2. The molecule has 1 aromatic carbocycles. The zero-order valence-electron chi connectivity index (χ0n) is 13.4. The topological polar surface area (TPSA) is 99.2 Å². The highest BCUT2D eigenvalue weighted by molar-refractivity contribution is 5.99. The molecule has 0 saturated carbocycles. The van der Waals surface area contributed by atoms with Crippen LogP contribution in [-0.2, 0) is 15.7 Å². The molecule has 0 radical (unpaired) electrons. The minimum atomic E-state index is -4.56. The molecule has 2 heterocycles. The number of halogens is 3. The van der Waals surface area contributed by atoms with Gasteiger partial charge in [-0.15, -0.1) is 0 Å². The SMILES string of the molecule is NC(=O)C1(NC(=O)c2cccc(-n3ccc(C(F)(F)F)n3)c2)CCOC1. The first-order valence-electron chi connectivity index (χ1n) is 7.65. The Hall–Kier alpha value is -2.88. The van der Waals surface area contributed by atoms with E-state index in [9.17, 15) is 22.8 Å². The highest BCUT2D eigenvalue weighted by Gasteiger charge is 2.42. The third-order valence-electron chi connectivity index (χ3n) is 4.10. The van der Waals surface area contributed by atoms with Crippen LogP contribution in [0, 0.1) is 0 Å². The molecular formula is C16H15F3N4O3. The molecule has 10 heteroatoms. The highest BCUT2D eigenvalue weighted by atomic mass is 19.4. The summed E-state index contributed by atoms with van der Waals surface area (Å²) in [5.74, 6) is -1.29. The lowest BCUT2D eigenvalue weighted by Crippen LogP contribution is -2.58. The number of ether oxygens (including phenoxy) is 1. The molecule has 0 aliphatic carbocycles. The Labute approximate surface area is 145 Å². The summed E-state index contributed by atoms with van der Waals surface area (Å²) in [6.45, 7) is 0.263. The Morgan fingerprint density at radius 1 is 1.31 bits per heavy atom. The summed E-state index contributed by atoms with van der Waals surface area (Å²) in [7, 11) is 0. The number of rotatable bonds is 4. The quantitative estimate of drug-likeness (QED) is 0.849. The van der Waals surface area contributed by atoms with E-state index < -0.39 is 29.2 Å². The third-order valence-corrected chi connectivity index (χ3v) is 4.10. The normalized spacial score (nSPS) is 20.1. The largest absolute Gasteiger partial charge is 0.435 e. The van der Waals surface area contributed by atoms with E-state index in [-0.39, 0.29) is 30.9 Å². The van der Waals surface area contributed by atoms with E-state index in [2.05, 4.69) is 10.4 Å². The average molecular weight is 368 g/mol. The molecule has 1 aromatic heterocycles. The lowest BCUT2D eigenvalue weighted by molar-refractivity contribution is -0.141. The van der Waals surface area contributed by atoms with Gasteiger partial charge < -0.3 is 15.8 Å². The van der Waals surface area contributed by atoms with Crippen molar-refractivity contribution in [3.05, 3.63) is 47.8 Å². The van der Waals surface area contributed by atoms with Gasteiger partial charge in [-0.05, 0) is 24.3 Å². The molecule has 0 spiro atoms. The average Bonchev–Trinajstić information content (AvgIpc) is 3.24. The number of carbonyl (C=O) groups excluding carboxylic acids is 2. The summed E-state index contributed by atoms with van der Waals surface area (Å²) in [6.07, 6.45) is -3.16. The van der Waals surface area contributed by atoms with Crippen LogP contribution in [0.5, 0.6) is 0 Å². The molecule has 7 nitrogen and oxygen atoms in total. The van der Waals surface area contributed by atoms with E-state index in [1.807, 2.05) is 0 Å². The molecule has 26 heavy (non-hydrogen) atoms. The summed E-state index contributed by atoms with van der Waals surface area (Å²) in [6, 6.07) is 6.68. The van der Waals surface area contributed by atoms with Crippen LogP contribution in [0.25, 0.3) is 5.69 Å². The van der Waals surface area contributed by atoms with Crippen LogP contribution in [-0.4, -0.2) is 40.3 Å². The van der Waals surface area contributed by atoms with Crippen molar-refractivity contribution in [3.8, 4) is 5.69 Å². The lowest BCUT2D eigenvalue weighted by atomic mass is 9.97. The summed E-state index contributed by atoms with van der Waals surface area (Å²) in [4.78, 5) is 24.2. The zero-order valence-corrected chi connectivity index (χ0v) is 13.4. The Morgan fingerprint density at radius 3 is 2.65 bits per heavy atom. The fraction of sp³-hybridized carbons (Fsp3) is 0.312. The van der Waals surface area contributed by atoms with Crippen molar-refractivity contribution in [1.29, 1.82) is 0 Å². The molecule has 1 saturated heterocycles. The molecule has 2 aromatic rings. The van der Waals surface area contributed by atoms with Gasteiger partial charge in [-0.2, -0.15) is 18.3 Å². The second kappa shape index (κ2) is 6.45. The standard InChI is InChI=1S/C16H15F3N4O3/c17-16(18,19)12-4-6-23(22-12)11-3-1-2-10(8-11)13(24)21-15(14(20)25)5-7-26-9-15/h1-4,6,8H,5,7,9H2,(H2,20,25)(H,21,24). The molecule has 0 bridgehead atoms. The Morgan fingerprint density at radius 2 is 2.08 bits per heavy atom. The number of aromatic nitrogens is 2. The van der Waals surface area contributed by atoms with E-state index in [0.717, 1.165) is 16.9 Å². The summed E-state index contributed by atoms with van der Waals surface area (Å²) >= 11 is 0. The zero-order chi connectivity index (χ0) is 18.9. The number of carbonyl (C=O) groups is 2. The molecule has 3 N–H and O–H groups in total. The number of amides is 2. The van der Waals surface area contributed by atoms with Crippen LogP contribution in [0.15, 0.2) is 36.5 Å². The van der Waals surface area contributed by atoms with Crippen molar-refractivity contribution in [3.63, 3.8) is 0 Å². The molecule has 2 amide bonds. The van der Waals surface area contributed by atoms with Gasteiger partial charge in [0.2, 0.25) is 5.91 Å². The number of nitrogens with one attached hydrogen (secondary N) is 1. The maximum absolute atomic E-state index is 12.7. The van der Waals surface area contributed by atoms with Crippen LogP contribution in [0.1, 0.15) is 22.5 Å². The predicted octanol–water partition coefficient (Wildman–Crippen LogP) is 1.27. The van der Waals surface area contributed by atoms with E-state index in [4.69, 9.17) is 10.5 Å². The van der Waals surface area contributed by atoms with Gasteiger partial charge in [0, 0.05) is 24.8 Å². The van der Waals surface area contributed by atoms with Crippen LogP contribution >= 0.6 is 0 Å². The molecular weight excluding hydrogens is 353 g/mol. The number of nitrogens with zero attached hydrogens (tertiary/aromatic N) is 2. The smallest absolute Gasteiger partial charge is 0.378 e. The second-order valence-electron chi connectivity index (χ2n) is 5.90. The first kappa shape index (κ1) is 17.9. The van der Waals surface area contributed by atoms with Gasteiger partial charge in [0.1, 0.15) is 5.54 Å². The fourth-order valence-electron chi connectivity index (χ4n) is 2.62. The van der Waals surface area contributed by atoms with Crippen molar-refractivity contribution in [1.82, 2.24) is 15.1 Å². The number of benzene rings is 1. The Kier molecular flexibility index (Phi) is 4.45. The molecule has 1 aliphatic heterocycles. The van der Waals surface area contributed by atoms with Gasteiger partial charge >= 0.3 is 6.18 Å². The monoisotopic (exact) mass is 368 g/mol. The number of hydrogen-bond acceptors (Lipinski definition) is 4. The van der Waals surface area contributed by atoms with Crippen molar-refractivity contribution >= 4 is 11.8 Å². The van der Waals surface area contributed by atoms with Gasteiger partial charge in [0.25, 0.3) is 5.91 Å². The van der Waals surface area contributed by atoms with Gasteiger partial charge in [0.15, 0.2) is 5.69 Å². The van der Waals surface area contributed by atoms with Gasteiger partial charge in [0.05, 0.1) is 12.3 Å². The van der Waals surface area contributed by atoms with Crippen molar-refractivity contribution in [2.24, 2.45) is 5.73 Å². The number of nitrogens with two attached hydrogens (primary N) is 1. The molecule has 3 rings (SSSR count). The number of primary amides is 1. The van der Waals surface area contributed by atoms with Gasteiger partial charge in [-0.1, -0.05) is 6.07 Å². The van der Waals surface area contributed by atoms with E-state index >= 15 is 0 Å². The molecule has 1 unspecified atom stereocenters. The van der Waals surface area contributed by atoms with Crippen molar-refractivity contribution in [2.45, 2.75) is 18.1 Å². The Balaban J connectivity index is 1.84. The van der Waals surface area contributed by atoms with Gasteiger partial charge in [-0.25, -0.2) is 4.68 Å². The fourth-order valence-corrected chi connectivity index (χ4v) is 2.62. The summed E-state index contributed by atoms with van der Waals surface area (Å²) in [5.41, 5.74) is 3.46. The third kappa shape index (κ3) is 3.40. The van der Waals surface area contributed by atoms with Gasteiger partial charge in [-0.3, -0.25) is 9.59 Å². The molecule has 1 aliphatic rings. The van der Waals surface area contributed by atoms with E-state index in [0.29, 0.717) is 0 Å². The van der Waals surface area contributed by atoms with E-state index in [1.54, 1.807) is 0 Å². The predicted molar refractivity (Wildman–Crippen MR) is 83.4 cm³/mol. The van der Waals surface area contributed by atoms with Crippen molar-refractivity contribution < 1.29 is 27.5 Å². The summed E-state index contributed by atoms with van der Waals surface area (Å²) in [5, 5.41) is 6.03. The summed E-state index contributed by atoms with van der Waals surface area (Å²) < 4.78 is 44.2. The first-order valence-corrected chi connectivity index (χ1v) is 7.65. The van der Waals surface area contributed by atoms with Crippen molar-refractivity contribution in [2.75, 3.05) is 13.2 Å². The maximum Gasteiger partial charge on any atom is 0.435 e. The Bertz CT molecular complexity index is 841. The van der Waals surface area contributed by atoms with Crippen LogP contribution in [0.2, 0.25) is 0 Å². The van der Waals surface area contributed by atoms with Crippen LogP contribution in [0.3, 0.4) is 0 Å². The molecule has 138 valence electrons. The second-order valence-corrected chi connectivity index (χ2v) is 5.90. The highest BCUT2D eigenvalue weighted by Crippen LogP contribution is 2.28. The van der Waals surface area contributed by atoms with E-state index in [1.165, 1.54) is 24.3 Å². The number of alkyl halides is 3. The first-order chi connectivity index (χ1) is 12.2. The van der Waals surface area contributed by atoms with Crippen LogP contribution in [0.4, 0.5) is 13.2 Å². The molecule has 1 fully saturated rings. The van der Waals surface area contributed by atoms with Crippen LogP contribution < -0.4 is 11.1 Å². The lowest BCUT2D eigenvalue weighted by Gasteiger charge is -2.25. The minimum absolute atomic E-state index is 0.0259. The molecule has 1 atom stereocenters.